The Morgan fingerprint density at radius 3 is 2.03 bits per heavy atom. The molecule has 0 aromatic heterocycles. The smallest absolute Gasteiger partial charge is 0.308 e. The van der Waals surface area contributed by atoms with Gasteiger partial charge in [0, 0.05) is 70.5 Å². The lowest BCUT2D eigenvalue weighted by Gasteiger charge is -2.50. The quantitative estimate of drug-likeness (QED) is 0.254. The molecule has 16 saturated heterocycles. The second-order valence-corrected chi connectivity index (χ2v) is 27.0. The van der Waals surface area contributed by atoms with Crippen LogP contribution in [0.2, 0.25) is 0 Å². The summed E-state index contributed by atoms with van der Waals surface area (Å²) >= 11 is 0. The van der Waals surface area contributed by atoms with Gasteiger partial charge in [0.1, 0.15) is 36.6 Å². The van der Waals surface area contributed by atoms with Crippen molar-refractivity contribution in [2.75, 3.05) is 19.8 Å². The molecule has 0 unspecified atom stereocenters. The molecule has 16 aliphatic heterocycles. The van der Waals surface area contributed by atoms with Gasteiger partial charge in [0.15, 0.2) is 11.6 Å². The summed E-state index contributed by atoms with van der Waals surface area (Å²) in [6.07, 6.45) is 1.60. The Bertz CT molecular complexity index is 2250. The zero-order valence-electron chi connectivity index (χ0n) is 46.7. The average Bonchev–Trinajstić information content (AvgIpc) is 4.16. The number of hydrogen-bond acceptors (Lipinski definition) is 19. The van der Waals surface area contributed by atoms with E-state index in [9.17, 15) is 20.1 Å². The van der Waals surface area contributed by atoms with Gasteiger partial charge in [-0.25, -0.2) is 0 Å². The minimum absolute atomic E-state index is 0.0174. The van der Waals surface area contributed by atoms with E-state index in [1.165, 1.54) is 0 Å². The van der Waals surface area contributed by atoms with Crippen LogP contribution in [-0.2, 0) is 75.8 Å². The maximum absolute atomic E-state index is 14.5. The van der Waals surface area contributed by atoms with Gasteiger partial charge in [-0.1, -0.05) is 40.9 Å². The van der Waals surface area contributed by atoms with E-state index in [2.05, 4.69) is 40.9 Å². The fourth-order valence-electron chi connectivity index (χ4n) is 17.5. The van der Waals surface area contributed by atoms with Crippen LogP contribution >= 0.6 is 0 Å². The second-order valence-electron chi connectivity index (χ2n) is 27.0. The van der Waals surface area contributed by atoms with Crippen LogP contribution in [0, 0.1) is 23.7 Å². The maximum Gasteiger partial charge on any atom is 0.308 e. The summed E-state index contributed by atoms with van der Waals surface area (Å²) in [5.41, 5.74) is 2.14. The number of hydrogen-bond donors (Lipinski definition) is 3. The molecule has 3 N–H and O–H groups in total. The van der Waals surface area contributed by atoms with Crippen molar-refractivity contribution in [1.82, 2.24) is 0 Å². The van der Waals surface area contributed by atoms with Gasteiger partial charge in [-0.15, -0.1) is 0 Å². The predicted molar refractivity (Wildman–Crippen MR) is 276 cm³/mol. The molecule has 16 fully saturated rings. The lowest BCUT2D eigenvalue weighted by Crippen LogP contribution is -2.62. The van der Waals surface area contributed by atoms with E-state index < -0.39 is 60.9 Å². The molecule has 16 rings (SSSR count). The van der Waals surface area contributed by atoms with Gasteiger partial charge in [0.05, 0.1) is 129 Å². The predicted octanol–water partition coefficient (Wildman–Crippen LogP) is 4.83. The van der Waals surface area contributed by atoms with Gasteiger partial charge in [-0.2, -0.15) is 0 Å². The standard InChI is InChI=1S/C60H88O19/c1-27-15-34-7-9-38-28(2)16-36(67-38)11-13-65-54-40-12-14-66-56-55-39(71-57(54)58(56)72-40)10-8-35(69-55)18-49(64)75-53-32(6)52-45(70-44(53)19-41(68-34)31(27)5)21-43-47(74-52)24-60(76-43)25-48-51(79-60)30(4)23-59(78-48)22-29(3)50-46(77-59)20-42(73-50)37(63)17-33(62)26-61/h27,29-30,32-48,50-58,61-63H,2,5,7-26H2,1,3-4,6H3/t27-,29+,30+,32+,33-,34+,35-,36+,37+,38+,39+,40+,41-,42+,43-,44+,45+,46+,47-,48+,50+,51+,52+,53-,54-,55+,56+,57+,58+,59-,60+/m1/s1. The molecule has 0 aliphatic carbocycles. The Hall–Kier alpha value is -1.73. The number of ether oxygens (including phenoxy) is 15. The molecule has 0 aromatic carbocycles. The maximum atomic E-state index is 14.5. The van der Waals surface area contributed by atoms with Crippen LogP contribution in [0.25, 0.3) is 0 Å². The van der Waals surface area contributed by atoms with E-state index in [4.69, 9.17) is 71.1 Å². The van der Waals surface area contributed by atoms with Crippen LogP contribution in [-0.4, -0.2) is 205 Å². The van der Waals surface area contributed by atoms with Crippen molar-refractivity contribution in [3.8, 4) is 0 Å². The van der Waals surface area contributed by atoms with Crippen LogP contribution in [0.15, 0.2) is 24.3 Å². The molecule has 16 heterocycles. The second kappa shape index (κ2) is 21.7. The fourth-order valence-corrected chi connectivity index (χ4v) is 17.5. The first-order chi connectivity index (χ1) is 38.1. The number of rotatable bonds is 4. The molecule has 79 heavy (non-hydrogen) atoms. The number of carbonyl (C=O) groups is 1. The molecule has 2 spiro atoms. The van der Waals surface area contributed by atoms with Gasteiger partial charge in [-0.05, 0) is 80.3 Å². The van der Waals surface area contributed by atoms with Crippen LogP contribution in [0.1, 0.15) is 137 Å². The molecule has 16 aliphatic rings. The van der Waals surface area contributed by atoms with E-state index >= 15 is 0 Å². The van der Waals surface area contributed by atoms with Crippen molar-refractivity contribution in [1.29, 1.82) is 0 Å². The minimum Gasteiger partial charge on any atom is -0.459 e. The Kier molecular flexibility index (Phi) is 15.1. The van der Waals surface area contributed by atoms with Crippen LogP contribution < -0.4 is 0 Å². The highest BCUT2D eigenvalue weighted by Crippen LogP contribution is 2.56. The highest BCUT2D eigenvalue weighted by molar-refractivity contribution is 5.70. The summed E-state index contributed by atoms with van der Waals surface area (Å²) in [6.45, 7) is 18.4. The first kappa shape index (κ1) is 55.2. The van der Waals surface area contributed by atoms with E-state index in [1.807, 2.05) is 0 Å². The van der Waals surface area contributed by atoms with Gasteiger partial charge in [0.25, 0.3) is 0 Å². The average molecular weight is 1110 g/mol. The number of aliphatic hydroxyl groups is 3. The van der Waals surface area contributed by atoms with Crippen LogP contribution in [0.3, 0.4) is 0 Å². The number of esters is 1. The molecule has 19 nitrogen and oxygen atoms in total. The lowest BCUT2D eigenvalue weighted by atomic mass is 9.79. The van der Waals surface area contributed by atoms with Crippen molar-refractivity contribution < 1.29 is 91.2 Å². The molecule has 0 radical (unpaired) electrons. The third-order valence-electron chi connectivity index (χ3n) is 21.3. The highest BCUT2D eigenvalue weighted by Gasteiger charge is 2.66. The Morgan fingerprint density at radius 2 is 1.19 bits per heavy atom. The third-order valence-corrected chi connectivity index (χ3v) is 21.3. The van der Waals surface area contributed by atoms with E-state index in [0.29, 0.717) is 77.4 Å². The van der Waals surface area contributed by atoms with Crippen molar-refractivity contribution in [2.24, 2.45) is 23.7 Å². The van der Waals surface area contributed by atoms with Crippen molar-refractivity contribution in [2.45, 2.75) is 301 Å². The number of aliphatic hydroxyl groups excluding tert-OH is 3. The van der Waals surface area contributed by atoms with Gasteiger partial charge in [0.2, 0.25) is 0 Å². The Labute approximate surface area is 464 Å². The SMILES string of the molecule is C=C1C[C@@H]2CCO[C@H]3[C@@H]4O[C@H]5CC[C@H](CC(=O)O[C@@H]6[C@@H](C)[C@@H]7O[C@@H]8C[C@]9(C[C@@H]%10O[C@]%11(C[C@H](C)[C@@H]%12O[C@H]([C@@H](O)C[C@@H](O)CO)C[C@@H]%12O%11)C[C@H](C)[C@@H]%10O9)O[C@@H]8C[C@@H]7O[C@H]6C[C@H]6O[C@@H](CC[C@@H]1O2)C[C@@H](C)C6=C)O[C@@H]5[C@@H]1OCC[C@@H]3O[C@@H]14. The molecule has 0 saturated carbocycles. The zero-order chi connectivity index (χ0) is 54.2. The molecule has 11 bridgehead atoms. The molecule has 0 aromatic rings. The molecular weight excluding hydrogens is 1020 g/mol. The van der Waals surface area contributed by atoms with E-state index in [1.54, 1.807) is 0 Å². The summed E-state index contributed by atoms with van der Waals surface area (Å²) in [4.78, 5) is 14.5. The summed E-state index contributed by atoms with van der Waals surface area (Å²) in [6, 6.07) is 0. The van der Waals surface area contributed by atoms with Crippen molar-refractivity contribution in [3.05, 3.63) is 24.3 Å². The van der Waals surface area contributed by atoms with Crippen LogP contribution in [0.5, 0.6) is 0 Å². The van der Waals surface area contributed by atoms with E-state index in [-0.39, 0.29) is 152 Å². The third kappa shape index (κ3) is 10.3. The molecule has 0 amide bonds. The lowest BCUT2D eigenvalue weighted by molar-refractivity contribution is -0.347. The Balaban J connectivity index is 0.679. The van der Waals surface area contributed by atoms with Gasteiger partial charge in [-0.3, -0.25) is 4.79 Å². The van der Waals surface area contributed by atoms with E-state index in [0.717, 1.165) is 43.3 Å². The summed E-state index contributed by atoms with van der Waals surface area (Å²) in [7, 11) is 0. The first-order valence-corrected chi connectivity index (χ1v) is 30.8. The zero-order valence-corrected chi connectivity index (χ0v) is 46.7. The molecule has 19 heteroatoms. The first-order valence-electron chi connectivity index (χ1n) is 30.8. The van der Waals surface area contributed by atoms with Crippen molar-refractivity contribution in [3.63, 3.8) is 0 Å². The summed E-state index contributed by atoms with van der Waals surface area (Å²) in [5.74, 6) is -1.94. The monoisotopic (exact) mass is 1110 g/mol. The summed E-state index contributed by atoms with van der Waals surface area (Å²) < 4.78 is 103. The molecular formula is C60H88O19. The highest BCUT2D eigenvalue weighted by atomic mass is 16.8. The largest absolute Gasteiger partial charge is 0.459 e. The summed E-state index contributed by atoms with van der Waals surface area (Å²) in [5, 5.41) is 30.3. The topological polar surface area (TPSA) is 216 Å². The number of carbonyl (C=O) groups excluding carboxylic acids is 1. The number of fused-ring (bicyclic) bond motifs is 6. The van der Waals surface area contributed by atoms with Crippen LogP contribution in [0.4, 0.5) is 0 Å². The van der Waals surface area contributed by atoms with Gasteiger partial charge < -0.3 is 86.4 Å². The molecule has 31 atom stereocenters. The minimum atomic E-state index is -1.02. The van der Waals surface area contributed by atoms with Crippen molar-refractivity contribution >= 4 is 5.97 Å². The Morgan fingerprint density at radius 1 is 0.519 bits per heavy atom. The normalized spacial score (nSPS) is 55.1. The van der Waals surface area contributed by atoms with Gasteiger partial charge >= 0.3 is 5.97 Å². The molecule has 442 valence electrons. The fraction of sp³-hybridized carbons (Fsp3) is 0.917.